The van der Waals surface area contributed by atoms with Crippen molar-refractivity contribution in [2.24, 2.45) is 5.92 Å². The number of piperazine rings is 1. The molecule has 0 saturated carbocycles. The predicted octanol–water partition coefficient (Wildman–Crippen LogP) is 0.925. The average molecular weight is 340 g/mol. The number of sulfone groups is 1. The summed E-state index contributed by atoms with van der Waals surface area (Å²) in [5.41, 5.74) is 0. The van der Waals surface area contributed by atoms with E-state index in [2.05, 4.69) is 5.32 Å². The van der Waals surface area contributed by atoms with E-state index in [-0.39, 0.29) is 22.6 Å². The minimum absolute atomic E-state index is 0.101. The summed E-state index contributed by atoms with van der Waals surface area (Å²) >= 11 is 0. The van der Waals surface area contributed by atoms with Gasteiger partial charge in [-0.25, -0.2) is 8.42 Å². The lowest BCUT2D eigenvalue weighted by Crippen LogP contribution is -2.53. The first-order chi connectivity index (χ1) is 10.8. The molecule has 0 bridgehead atoms. The van der Waals surface area contributed by atoms with Crippen molar-refractivity contribution in [3.63, 3.8) is 0 Å². The van der Waals surface area contributed by atoms with Gasteiger partial charge in [0.15, 0.2) is 9.84 Å². The zero-order valence-electron chi connectivity index (χ0n) is 13.8. The summed E-state index contributed by atoms with van der Waals surface area (Å²) in [7, 11) is -1.97. The fourth-order valence-corrected chi connectivity index (χ4v) is 4.27. The lowest BCUT2D eigenvalue weighted by atomic mass is 10.1. The largest absolute Gasteiger partial charge is 0.497 e. The number of hydrogen-bond acceptors (Lipinski definition) is 5. The zero-order valence-corrected chi connectivity index (χ0v) is 14.6. The van der Waals surface area contributed by atoms with Crippen molar-refractivity contribution in [3.05, 3.63) is 24.3 Å². The molecule has 23 heavy (non-hydrogen) atoms. The highest BCUT2D eigenvalue weighted by atomic mass is 32.2. The van der Waals surface area contributed by atoms with Crippen LogP contribution in [0.5, 0.6) is 5.75 Å². The molecule has 0 unspecified atom stereocenters. The van der Waals surface area contributed by atoms with Crippen LogP contribution in [0.2, 0.25) is 0 Å². The number of benzene rings is 1. The molecule has 2 rings (SSSR count). The van der Waals surface area contributed by atoms with Crippen LogP contribution in [0.3, 0.4) is 0 Å². The Balaban J connectivity index is 2.04. The molecule has 2 atom stereocenters. The van der Waals surface area contributed by atoms with Crippen LogP contribution >= 0.6 is 0 Å². The lowest BCUT2D eigenvalue weighted by Gasteiger charge is -2.33. The molecule has 0 spiro atoms. The maximum Gasteiger partial charge on any atom is 0.226 e. The highest BCUT2D eigenvalue weighted by Gasteiger charge is 2.28. The van der Waals surface area contributed by atoms with Gasteiger partial charge >= 0.3 is 0 Å². The molecule has 0 aromatic heterocycles. The summed E-state index contributed by atoms with van der Waals surface area (Å²) in [5.74, 6) is -0.248. The van der Waals surface area contributed by atoms with Crippen molar-refractivity contribution >= 4 is 15.7 Å². The number of nitrogens with one attached hydrogen (secondary N) is 1. The third kappa shape index (κ3) is 4.45. The van der Waals surface area contributed by atoms with E-state index in [0.717, 1.165) is 6.54 Å². The van der Waals surface area contributed by atoms with Gasteiger partial charge in [0.25, 0.3) is 0 Å². The summed E-state index contributed by atoms with van der Waals surface area (Å²) < 4.78 is 30.0. The number of carbonyl (C=O) groups excluding carboxylic acids is 1. The van der Waals surface area contributed by atoms with Gasteiger partial charge in [-0.15, -0.1) is 0 Å². The Labute approximate surface area is 137 Å². The molecule has 0 aliphatic carbocycles. The summed E-state index contributed by atoms with van der Waals surface area (Å²) in [6.07, 6.45) is 0. The van der Waals surface area contributed by atoms with E-state index in [4.69, 9.17) is 4.74 Å². The number of ether oxygens (including phenoxy) is 1. The lowest BCUT2D eigenvalue weighted by molar-refractivity contribution is -0.135. The number of carbonyl (C=O) groups is 1. The van der Waals surface area contributed by atoms with Crippen LogP contribution in [0, 0.1) is 5.92 Å². The second-order valence-electron chi connectivity index (χ2n) is 6.00. The zero-order chi connectivity index (χ0) is 17.0. The molecule has 1 aromatic rings. The van der Waals surface area contributed by atoms with Crippen molar-refractivity contribution in [2.45, 2.75) is 24.8 Å². The number of amides is 1. The van der Waals surface area contributed by atoms with Gasteiger partial charge in [-0.05, 0) is 31.2 Å². The highest BCUT2D eigenvalue weighted by molar-refractivity contribution is 7.91. The van der Waals surface area contributed by atoms with Crippen LogP contribution in [-0.4, -0.2) is 57.8 Å². The molecule has 7 heteroatoms. The summed E-state index contributed by atoms with van der Waals surface area (Å²) in [6.45, 7) is 5.67. The smallest absolute Gasteiger partial charge is 0.226 e. The maximum absolute atomic E-state index is 12.5. The molecule has 1 N–H and O–H groups in total. The van der Waals surface area contributed by atoms with Gasteiger partial charge in [-0.2, -0.15) is 0 Å². The van der Waals surface area contributed by atoms with Gasteiger partial charge in [-0.1, -0.05) is 6.92 Å². The number of hydrogen-bond donors (Lipinski definition) is 1. The fraction of sp³-hybridized carbons (Fsp3) is 0.562. The maximum atomic E-state index is 12.5. The third-order valence-corrected chi connectivity index (χ3v) is 5.92. The Hall–Kier alpha value is -1.60. The Bertz CT molecular complexity index is 643. The molecule has 128 valence electrons. The van der Waals surface area contributed by atoms with E-state index in [0.29, 0.717) is 18.8 Å². The SMILES string of the molecule is COc1ccc(S(=O)(=O)C[C@H](C)C(=O)N2CCN[C@@H](C)C2)cc1. The summed E-state index contributed by atoms with van der Waals surface area (Å²) in [4.78, 5) is 14.4. The Morgan fingerprint density at radius 1 is 1.39 bits per heavy atom. The third-order valence-electron chi connectivity index (χ3n) is 3.99. The van der Waals surface area contributed by atoms with Crippen molar-refractivity contribution < 1.29 is 17.9 Å². The van der Waals surface area contributed by atoms with Crippen molar-refractivity contribution in [1.29, 1.82) is 0 Å². The quantitative estimate of drug-likeness (QED) is 0.863. The monoisotopic (exact) mass is 340 g/mol. The number of methoxy groups -OCH3 is 1. The standard InChI is InChI=1S/C16H24N2O4S/c1-12(16(19)18-9-8-17-13(2)10-18)11-23(20,21)15-6-4-14(22-3)5-7-15/h4-7,12-13,17H,8-11H2,1-3H3/t12-,13-/m0/s1. The predicted molar refractivity (Wildman–Crippen MR) is 88.3 cm³/mol. The first kappa shape index (κ1) is 17.7. The van der Waals surface area contributed by atoms with Crippen LogP contribution < -0.4 is 10.1 Å². The second kappa shape index (κ2) is 7.31. The molecular weight excluding hydrogens is 316 g/mol. The molecule has 1 saturated heterocycles. The number of rotatable bonds is 5. The molecule has 1 aliphatic rings. The van der Waals surface area contributed by atoms with Gasteiger partial charge in [0, 0.05) is 31.6 Å². The Morgan fingerprint density at radius 3 is 2.61 bits per heavy atom. The molecule has 1 amide bonds. The minimum atomic E-state index is -3.50. The normalized spacial score (nSPS) is 20.1. The first-order valence-corrected chi connectivity index (χ1v) is 9.37. The van der Waals surface area contributed by atoms with E-state index in [1.165, 1.54) is 19.2 Å². The van der Waals surface area contributed by atoms with Gasteiger partial charge in [0.05, 0.1) is 17.8 Å². The number of nitrogens with zero attached hydrogens (tertiary/aromatic N) is 1. The fourth-order valence-electron chi connectivity index (χ4n) is 2.72. The van der Waals surface area contributed by atoms with Crippen LogP contribution in [0.25, 0.3) is 0 Å². The molecule has 0 radical (unpaired) electrons. The van der Waals surface area contributed by atoms with Gasteiger partial charge in [-0.3, -0.25) is 4.79 Å². The van der Waals surface area contributed by atoms with E-state index in [9.17, 15) is 13.2 Å². The van der Waals surface area contributed by atoms with Crippen molar-refractivity contribution in [1.82, 2.24) is 10.2 Å². The molecule has 1 aliphatic heterocycles. The topological polar surface area (TPSA) is 75.7 Å². The minimum Gasteiger partial charge on any atom is -0.497 e. The van der Waals surface area contributed by atoms with Crippen molar-refractivity contribution in [3.8, 4) is 5.75 Å². The summed E-state index contributed by atoms with van der Waals surface area (Å²) in [5, 5.41) is 3.27. The van der Waals surface area contributed by atoms with Gasteiger partial charge in [0.1, 0.15) is 5.75 Å². The Kier molecular flexibility index (Phi) is 5.64. The van der Waals surface area contributed by atoms with Gasteiger partial charge < -0.3 is 15.0 Å². The van der Waals surface area contributed by atoms with E-state index >= 15 is 0 Å². The van der Waals surface area contributed by atoms with Gasteiger partial charge in [0.2, 0.25) is 5.91 Å². The van der Waals surface area contributed by atoms with E-state index in [1.54, 1.807) is 24.0 Å². The molecular formula is C16H24N2O4S. The second-order valence-corrected chi connectivity index (χ2v) is 8.03. The molecule has 1 heterocycles. The highest BCUT2D eigenvalue weighted by Crippen LogP contribution is 2.19. The molecule has 6 nitrogen and oxygen atoms in total. The summed E-state index contributed by atoms with van der Waals surface area (Å²) in [6, 6.07) is 6.48. The average Bonchev–Trinajstić information content (AvgIpc) is 2.53. The van der Waals surface area contributed by atoms with Crippen LogP contribution in [-0.2, 0) is 14.6 Å². The molecule has 1 fully saturated rings. The Morgan fingerprint density at radius 2 is 2.04 bits per heavy atom. The first-order valence-electron chi connectivity index (χ1n) is 7.72. The van der Waals surface area contributed by atoms with Crippen LogP contribution in [0.4, 0.5) is 0 Å². The van der Waals surface area contributed by atoms with Crippen LogP contribution in [0.15, 0.2) is 29.2 Å². The van der Waals surface area contributed by atoms with E-state index < -0.39 is 15.8 Å². The van der Waals surface area contributed by atoms with Crippen molar-refractivity contribution in [2.75, 3.05) is 32.5 Å². The van der Waals surface area contributed by atoms with E-state index in [1.807, 2.05) is 6.92 Å². The molecule has 1 aromatic carbocycles. The van der Waals surface area contributed by atoms with Crippen LogP contribution in [0.1, 0.15) is 13.8 Å².